The van der Waals surface area contributed by atoms with Crippen molar-refractivity contribution in [3.63, 3.8) is 0 Å². The summed E-state index contributed by atoms with van der Waals surface area (Å²) in [6, 6.07) is 8.03. The average Bonchev–Trinajstić information content (AvgIpc) is 2.65. The summed E-state index contributed by atoms with van der Waals surface area (Å²) >= 11 is 1.64. The second-order valence-electron chi connectivity index (χ2n) is 5.29. The number of methoxy groups -OCH3 is 2. The number of ketones is 1. The number of thioether (sulfide) groups is 1. The third kappa shape index (κ3) is 3.79. The summed E-state index contributed by atoms with van der Waals surface area (Å²) < 4.78 is 29.5. The Hall–Kier alpha value is -2.47. The molecular formula is C19H17FO4S. The lowest BCUT2D eigenvalue weighted by atomic mass is 10.1. The highest BCUT2D eigenvalue weighted by molar-refractivity contribution is 7.99. The lowest BCUT2D eigenvalue weighted by Gasteiger charge is -2.18. The molecule has 0 aliphatic carbocycles. The van der Waals surface area contributed by atoms with Crippen molar-refractivity contribution in [1.29, 1.82) is 0 Å². The molecule has 3 rings (SSSR count). The molecule has 0 N–H and O–H groups in total. The van der Waals surface area contributed by atoms with Crippen LogP contribution in [-0.2, 0) is 0 Å². The van der Waals surface area contributed by atoms with Crippen LogP contribution < -0.4 is 14.2 Å². The van der Waals surface area contributed by atoms with Gasteiger partial charge in [0, 0.05) is 11.8 Å². The molecule has 1 aliphatic heterocycles. The predicted octanol–water partition coefficient (Wildman–Crippen LogP) is 4.22. The van der Waals surface area contributed by atoms with Gasteiger partial charge in [-0.3, -0.25) is 4.79 Å². The van der Waals surface area contributed by atoms with Gasteiger partial charge >= 0.3 is 0 Å². The van der Waals surface area contributed by atoms with E-state index in [4.69, 9.17) is 14.2 Å². The van der Waals surface area contributed by atoms with Gasteiger partial charge in [0.1, 0.15) is 11.5 Å². The van der Waals surface area contributed by atoms with Gasteiger partial charge in [0.2, 0.25) is 0 Å². The van der Waals surface area contributed by atoms with E-state index in [1.165, 1.54) is 32.4 Å². The second kappa shape index (κ2) is 7.61. The van der Waals surface area contributed by atoms with Crippen molar-refractivity contribution >= 4 is 23.6 Å². The van der Waals surface area contributed by atoms with Gasteiger partial charge in [-0.05, 0) is 29.8 Å². The van der Waals surface area contributed by atoms with Crippen molar-refractivity contribution in [2.75, 3.05) is 26.6 Å². The van der Waals surface area contributed by atoms with Gasteiger partial charge in [0.05, 0.1) is 31.3 Å². The smallest absolute Gasteiger partial charge is 0.189 e. The number of allylic oxidation sites excluding steroid dienone is 1. The van der Waals surface area contributed by atoms with Crippen LogP contribution >= 0.6 is 11.8 Å². The van der Waals surface area contributed by atoms with Crippen LogP contribution in [0.1, 0.15) is 15.9 Å². The highest BCUT2D eigenvalue weighted by Crippen LogP contribution is 2.38. The fourth-order valence-electron chi connectivity index (χ4n) is 2.48. The van der Waals surface area contributed by atoms with E-state index in [1.807, 2.05) is 0 Å². The maximum absolute atomic E-state index is 13.7. The first-order valence-corrected chi connectivity index (χ1v) is 8.64. The monoisotopic (exact) mass is 360 g/mol. The molecule has 1 heterocycles. The lowest BCUT2D eigenvalue weighted by Crippen LogP contribution is -2.08. The Labute approximate surface area is 149 Å². The van der Waals surface area contributed by atoms with E-state index < -0.39 is 5.82 Å². The first kappa shape index (κ1) is 17.4. The standard InChI is InChI=1S/C19H17FO4S/c1-22-16-6-4-12(9-14(16)20)3-5-15(21)13-10-19-18(11-17(13)23-2)24-7-8-25-19/h3-6,9-11H,7-8H2,1-2H3. The van der Waals surface area contributed by atoms with Crippen molar-refractivity contribution in [2.45, 2.75) is 4.90 Å². The van der Waals surface area contributed by atoms with E-state index in [9.17, 15) is 9.18 Å². The largest absolute Gasteiger partial charge is 0.496 e. The zero-order valence-electron chi connectivity index (χ0n) is 13.9. The SMILES string of the molecule is COc1ccc(C=CC(=O)c2cc3c(cc2OC)OCCS3)cc1F. The minimum atomic E-state index is -0.475. The Kier molecular flexibility index (Phi) is 5.28. The van der Waals surface area contributed by atoms with Crippen LogP contribution in [0.3, 0.4) is 0 Å². The Morgan fingerprint density at radius 3 is 2.72 bits per heavy atom. The first-order valence-electron chi connectivity index (χ1n) is 7.66. The Balaban J connectivity index is 1.86. The molecule has 4 nitrogen and oxygen atoms in total. The molecule has 0 saturated carbocycles. The number of benzene rings is 2. The van der Waals surface area contributed by atoms with E-state index in [0.717, 1.165) is 16.4 Å². The van der Waals surface area contributed by atoms with Crippen LogP contribution in [0.5, 0.6) is 17.2 Å². The molecule has 0 fully saturated rings. The number of fused-ring (bicyclic) bond motifs is 1. The predicted molar refractivity (Wildman–Crippen MR) is 95.5 cm³/mol. The van der Waals surface area contributed by atoms with Crippen LogP contribution in [0.2, 0.25) is 0 Å². The molecule has 0 aromatic heterocycles. The van der Waals surface area contributed by atoms with Gasteiger partial charge in [0.15, 0.2) is 17.3 Å². The molecule has 25 heavy (non-hydrogen) atoms. The van der Waals surface area contributed by atoms with Crippen molar-refractivity contribution in [2.24, 2.45) is 0 Å². The molecule has 0 unspecified atom stereocenters. The van der Waals surface area contributed by atoms with Crippen molar-refractivity contribution < 1.29 is 23.4 Å². The minimum absolute atomic E-state index is 0.164. The molecule has 2 aromatic rings. The molecule has 6 heteroatoms. The van der Waals surface area contributed by atoms with E-state index in [-0.39, 0.29) is 11.5 Å². The van der Waals surface area contributed by atoms with Crippen LogP contribution in [0, 0.1) is 5.82 Å². The number of hydrogen-bond acceptors (Lipinski definition) is 5. The van der Waals surface area contributed by atoms with Crippen LogP contribution in [0.25, 0.3) is 6.08 Å². The molecule has 0 bridgehead atoms. The van der Waals surface area contributed by atoms with E-state index in [1.54, 1.807) is 36.0 Å². The summed E-state index contributed by atoms with van der Waals surface area (Å²) in [7, 11) is 2.92. The highest BCUT2D eigenvalue weighted by Gasteiger charge is 2.18. The van der Waals surface area contributed by atoms with Crippen molar-refractivity contribution in [3.05, 3.63) is 53.4 Å². The first-order chi connectivity index (χ1) is 12.1. The van der Waals surface area contributed by atoms with Gasteiger partial charge < -0.3 is 14.2 Å². The molecule has 0 atom stereocenters. The summed E-state index contributed by atoms with van der Waals surface area (Å²) in [5, 5.41) is 0. The fourth-order valence-corrected chi connectivity index (χ4v) is 3.33. The van der Waals surface area contributed by atoms with Crippen LogP contribution in [-0.4, -0.2) is 32.4 Å². The molecule has 130 valence electrons. The van der Waals surface area contributed by atoms with Crippen LogP contribution in [0.4, 0.5) is 4.39 Å². The van der Waals surface area contributed by atoms with Gasteiger partial charge in [0.25, 0.3) is 0 Å². The number of halogens is 1. The number of rotatable bonds is 5. The minimum Gasteiger partial charge on any atom is -0.496 e. The molecule has 2 aromatic carbocycles. The summed E-state index contributed by atoms with van der Waals surface area (Å²) in [6.45, 7) is 0.636. The Morgan fingerprint density at radius 1 is 1.20 bits per heavy atom. The molecule has 0 radical (unpaired) electrons. The maximum atomic E-state index is 13.7. The molecule has 1 aliphatic rings. The summed E-state index contributed by atoms with van der Waals surface area (Å²) in [5.41, 5.74) is 1.02. The second-order valence-corrected chi connectivity index (χ2v) is 6.42. The molecule has 0 saturated heterocycles. The maximum Gasteiger partial charge on any atom is 0.189 e. The quantitative estimate of drug-likeness (QED) is 0.590. The normalized spacial score (nSPS) is 13.2. The Morgan fingerprint density at radius 2 is 2.00 bits per heavy atom. The number of carbonyl (C=O) groups is 1. The van der Waals surface area contributed by atoms with Gasteiger partial charge in [-0.2, -0.15) is 0 Å². The van der Waals surface area contributed by atoms with Gasteiger partial charge in [-0.1, -0.05) is 12.1 Å². The third-order valence-electron chi connectivity index (χ3n) is 3.73. The van der Waals surface area contributed by atoms with Gasteiger partial charge in [-0.15, -0.1) is 11.8 Å². The Bertz CT molecular complexity index is 832. The zero-order valence-corrected chi connectivity index (χ0v) is 14.7. The number of hydrogen-bond donors (Lipinski definition) is 0. The van der Waals surface area contributed by atoms with E-state index >= 15 is 0 Å². The zero-order chi connectivity index (χ0) is 17.8. The molecule has 0 amide bonds. The molecule has 0 spiro atoms. The highest BCUT2D eigenvalue weighted by atomic mass is 32.2. The average molecular weight is 360 g/mol. The van der Waals surface area contributed by atoms with Crippen molar-refractivity contribution in [3.8, 4) is 17.2 Å². The summed E-state index contributed by atoms with van der Waals surface area (Å²) in [5.74, 6) is 1.49. The van der Waals surface area contributed by atoms with Crippen molar-refractivity contribution in [1.82, 2.24) is 0 Å². The van der Waals surface area contributed by atoms with E-state index in [0.29, 0.717) is 23.5 Å². The van der Waals surface area contributed by atoms with Gasteiger partial charge in [-0.25, -0.2) is 4.39 Å². The fraction of sp³-hybridized carbons (Fsp3) is 0.211. The summed E-state index contributed by atoms with van der Waals surface area (Å²) in [6.07, 6.45) is 2.97. The number of ether oxygens (including phenoxy) is 3. The van der Waals surface area contributed by atoms with E-state index in [2.05, 4.69) is 0 Å². The molecular weight excluding hydrogens is 343 g/mol. The number of carbonyl (C=O) groups excluding carboxylic acids is 1. The lowest BCUT2D eigenvalue weighted by molar-refractivity contribution is 0.104. The third-order valence-corrected chi connectivity index (χ3v) is 4.73. The van der Waals surface area contributed by atoms with Crippen LogP contribution in [0.15, 0.2) is 41.3 Å². The topological polar surface area (TPSA) is 44.8 Å². The summed E-state index contributed by atoms with van der Waals surface area (Å²) in [4.78, 5) is 13.5.